The third-order valence-corrected chi connectivity index (χ3v) is 10.2. The first-order chi connectivity index (χ1) is 21.1. The smallest absolute Gasteiger partial charge is 0.396 e. The van der Waals surface area contributed by atoms with Gasteiger partial charge in [0.25, 0.3) is 0 Å². The summed E-state index contributed by atoms with van der Waals surface area (Å²) in [5, 5.41) is 34.0. The van der Waals surface area contributed by atoms with E-state index >= 15 is 0 Å². The summed E-state index contributed by atoms with van der Waals surface area (Å²) in [5.41, 5.74) is -1.11. The fourth-order valence-corrected chi connectivity index (χ4v) is 6.60. The second-order valence-electron chi connectivity index (χ2n) is 11.9. The van der Waals surface area contributed by atoms with Crippen LogP contribution in [0.25, 0.3) is 0 Å². The highest BCUT2D eigenvalue weighted by Gasteiger charge is 2.35. The van der Waals surface area contributed by atoms with E-state index in [9.17, 15) is 9.13 Å². The molecule has 13 heteroatoms. The molecule has 0 atom stereocenters. The standard InChI is InChI=1S/C26H56O7P2.C5H12O4/c1-3-5-7-9-11-13-15-17-19-21-23-25-31-35(30,33-34(27,28)29)32-26-24-22-20-18-16-14-12-10-8-6-4-2;6-1-5(2-7,3-8)4-9/h3-26H2,1-2H3,(H2,27,28,29);6-9H,1-4H2. The Balaban J connectivity index is 0. The number of phosphoric ester groups is 1. The number of phosphoric acid groups is 2. The van der Waals surface area contributed by atoms with Crippen molar-refractivity contribution in [3.8, 4) is 0 Å². The minimum absolute atomic E-state index is 0.104. The minimum atomic E-state index is -4.97. The van der Waals surface area contributed by atoms with Gasteiger partial charge in [-0.2, -0.15) is 4.31 Å². The largest absolute Gasteiger partial charge is 0.483 e. The van der Waals surface area contributed by atoms with Crippen LogP contribution in [0, 0.1) is 5.41 Å². The van der Waals surface area contributed by atoms with Gasteiger partial charge >= 0.3 is 15.6 Å². The molecule has 268 valence electrons. The number of rotatable bonds is 32. The van der Waals surface area contributed by atoms with Crippen molar-refractivity contribution >= 4 is 15.6 Å². The number of hydrogen-bond acceptors (Lipinski definition) is 9. The van der Waals surface area contributed by atoms with Crippen molar-refractivity contribution in [2.45, 2.75) is 155 Å². The Labute approximate surface area is 268 Å². The molecule has 0 heterocycles. The molecular weight excluding hydrogens is 610 g/mol. The number of aliphatic hydroxyl groups is 4. The first-order valence-corrected chi connectivity index (χ1v) is 20.2. The van der Waals surface area contributed by atoms with Crippen molar-refractivity contribution in [3.63, 3.8) is 0 Å². The zero-order valence-corrected chi connectivity index (χ0v) is 29.7. The number of unbranched alkanes of at least 4 members (excludes halogenated alkanes) is 20. The molecule has 0 fully saturated rings. The Kier molecular flexibility index (Phi) is 33.3. The van der Waals surface area contributed by atoms with Crippen molar-refractivity contribution in [2.75, 3.05) is 39.6 Å². The van der Waals surface area contributed by atoms with E-state index in [2.05, 4.69) is 18.2 Å². The highest BCUT2D eigenvalue weighted by atomic mass is 31.3. The summed E-state index contributed by atoms with van der Waals surface area (Å²) >= 11 is 0. The van der Waals surface area contributed by atoms with Crippen molar-refractivity contribution < 1.29 is 52.7 Å². The summed E-state index contributed by atoms with van der Waals surface area (Å²) in [6.45, 7) is 3.04. The molecule has 0 spiro atoms. The Bertz CT molecular complexity index is 638. The minimum Gasteiger partial charge on any atom is -0.396 e. The average molecular weight is 679 g/mol. The van der Waals surface area contributed by atoms with Crippen LogP contribution in [0.15, 0.2) is 0 Å². The predicted octanol–water partition coefficient (Wildman–Crippen LogP) is 7.80. The highest BCUT2D eigenvalue weighted by Crippen LogP contribution is 2.61. The fraction of sp³-hybridized carbons (Fsp3) is 1.00. The Morgan fingerprint density at radius 1 is 0.455 bits per heavy atom. The topological polar surface area (TPSA) is 183 Å². The maximum atomic E-state index is 12.6. The summed E-state index contributed by atoms with van der Waals surface area (Å²) in [5.74, 6) is 0. The van der Waals surface area contributed by atoms with Crippen LogP contribution in [0.5, 0.6) is 0 Å². The predicted molar refractivity (Wildman–Crippen MR) is 176 cm³/mol. The molecule has 0 saturated carbocycles. The Morgan fingerprint density at radius 2 is 0.705 bits per heavy atom. The van der Waals surface area contributed by atoms with Crippen LogP contribution in [0.1, 0.15) is 155 Å². The Hall–Kier alpha value is 0.100. The van der Waals surface area contributed by atoms with Gasteiger partial charge in [0.15, 0.2) is 0 Å². The summed E-state index contributed by atoms with van der Waals surface area (Å²) in [4.78, 5) is 18.2. The summed E-state index contributed by atoms with van der Waals surface area (Å²) in [6, 6.07) is 0. The Morgan fingerprint density at radius 3 is 0.909 bits per heavy atom. The molecule has 0 aliphatic carbocycles. The fourth-order valence-electron chi connectivity index (χ4n) is 4.40. The third-order valence-electron chi connectivity index (χ3n) is 7.54. The molecule has 0 amide bonds. The van der Waals surface area contributed by atoms with Crippen LogP contribution in [-0.4, -0.2) is 69.9 Å². The number of aliphatic hydroxyl groups excluding tert-OH is 4. The van der Waals surface area contributed by atoms with E-state index in [1.807, 2.05) is 0 Å². The second-order valence-corrected chi connectivity index (χ2v) is 14.9. The first-order valence-electron chi connectivity index (χ1n) is 17.2. The molecule has 0 rings (SSSR count). The zero-order valence-electron chi connectivity index (χ0n) is 27.9. The van der Waals surface area contributed by atoms with Gasteiger partial charge in [0.2, 0.25) is 0 Å². The van der Waals surface area contributed by atoms with Crippen molar-refractivity contribution in [2.24, 2.45) is 5.41 Å². The SMILES string of the molecule is CCCCCCCCCCCCCOP(=O)(OCCCCCCCCCCCCC)OP(=O)(O)O.OCC(CO)(CO)CO. The van der Waals surface area contributed by atoms with Crippen LogP contribution in [0.3, 0.4) is 0 Å². The van der Waals surface area contributed by atoms with Crippen molar-refractivity contribution in [1.29, 1.82) is 0 Å². The molecule has 0 aromatic rings. The molecule has 0 bridgehead atoms. The third kappa shape index (κ3) is 30.7. The van der Waals surface area contributed by atoms with E-state index in [0.29, 0.717) is 12.8 Å². The van der Waals surface area contributed by atoms with Crippen LogP contribution < -0.4 is 0 Å². The number of hydrogen-bond donors (Lipinski definition) is 6. The average Bonchev–Trinajstić information content (AvgIpc) is 2.99. The summed E-state index contributed by atoms with van der Waals surface area (Å²) in [6.07, 6.45) is 25.8. The lowest BCUT2D eigenvalue weighted by molar-refractivity contribution is -0.0328. The van der Waals surface area contributed by atoms with Crippen LogP contribution >= 0.6 is 15.6 Å². The van der Waals surface area contributed by atoms with Crippen LogP contribution in [0.4, 0.5) is 0 Å². The van der Waals surface area contributed by atoms with Gasteiger partial charge in [0, 0.05) is 0 Å². The molecule has 0 aromatic carbocycles. The molecular formula is C31H68O11P2. The molecule has 11 nitrogen and oxygen atoms in total. The summed E-state index contributed by atoms with van der Waals surface area (Å²) < 4.78 is 38.7. The molecule has 0 aliphatic rings. The van der Waals surface area contributed by atoms with E-state index in [1.165, 1.54) is 103 Å². The lowest BCUT2D eigenvalue weighted by Gasteiger charge is -2.23. The quantitative estimate of drug-likeness (QED) is 0.0301. The van der Waals surface area contributed by atoms with Gasteiger partial charge in [-0.05, 0) is 12.8 Å². The van der Waals surface area contributed by atoms with Crippen LogP contribution in [0.2, 0.25) is 0 Å². The molecule has 44 heavy (non-hydrogen) atoms. The zero-order chi connectivity index (χ0) is 33.4. The van der Waals surface area contributed by atoms with Gasteiger partial charge in [0.1, 0.15) is 0 Å². The molecule has 0 unspecified atom stereocenters. The van der Waals surface area contributed by atoms with Crippen LogP contribution in [-0.2, 0) is 22.5 Å². The van der Waals surface area contributed by atoms with Crippen molar-refractivity contribution in [3.05, 3.63) is 0 Å². The molecule has 0 aromatic heterocycles. The van der Waals surface area contributed by atoms with Gasteiger partial charge in [-0.1, -0.05) is 142 Å². The maximum Gasteiger partial charge on any atom is 0.483 e. The monoisotopic (exact) mass is 678 g/mol. The van der Waals surface area contributed by atoms with Gasteiger partial charge in [-0.25, -0.2) is 9.13 Å². The lowest BCUT2D eigenvalue weighted by Crippen LogP contribution is -2.37. The van der Waals surface area contributed by atoms with E-state index in [4.69, 9.17) is 39.3 Å². The van der Waals surface area contributed by atoms with Gasteiger partial charge in [0.05, 0.1) is 45.1 Å². The van der Waals surface area contributed by atoms with Gasteiger partial charge < -0.3 is 30.2 Å². The lowest BCUT2D eigenvalue weighted by atomic mass is 9.93. The molecule has 6 N–H and O–H groups in total. The maximum absolute atomic E-state index is 12.6. The van der Waals surface area contributed by atoms with E-state index < -0.39 is 47.5 Å². The second kappa shape index (κ2) is 31.7. The van der Waals surface area contributed by atoms with E-state index in [1.54, 1.807) is 0 Å². The van der Waals surface area contributed by atoms with Crippen molar-refractivity contribution in [1.82, 2.24) is 0 Å². The highest BCUT2D eigenvalue weighted by molar-refractivity contribution is 7.61. The van der Waals surface area contributed by atoms with Gasteiger partial charge in [-0.15, -0.1) is 0 Å². The summed E-state index contributed by atoms with van der Waals surface area (Å²) in [7, 11) is -9.23. The molecule has 0 saturated heterocycles. The first kappa shape index (κ1) is 46.2. The molecule has 0 aliphatic heterocycles. The van der Waals surface area contributed by atoms with Gasteiger partial charge in [-0.3, -0.25) is 9.05 Å². The van der Waals surface area contributed by atoms with E-state index in [0.717, 1.165) is 25.7 Å². The molecule has 0 radical (unpaired) electrons. The normalized spacial score (nSPS) is 12.4. The van der Waals surface area contributed by atoms with E-state index in [-0.39, 0.29) is 13.2 Å².